The summed E-state index contributed by atoms with van der Waals surface area (Å²) < 4.78 is 49.0. The van der Waals surface area contributed by atoms with Crippen molar-refractivity contribution >= 4 is 31.2 Å². The third-order valence-electron chi connectivity index (χ3n) is 8.65. The Bertz CT molecular complexity index is 1220. The first-order valence-electron chi connectivity index (χ1n) is 19.3. The van der Waals surface area contributed by atoms with Crippen LogP contribution in [0.3, 0.4) is 0 Å². The van der Waals surface area contributed by atoms with Gasteiger partial charge in [-0.05, 0) is 44.9 Å². The van der Waals surface area contributed by atoms with Crippen LogP contribution in [0.2, 0.25) is 0 Å². The van der Waals surface area contributed by atoms with E-state index < -0.39 is 25.2 Å². The van der Waals surface area contributed by atoms with E-state index >= 15 is 0 Å². The van der Waals surface area contributed by atoms with Crippen molar-refractivity contribution in [2.75, 3.05) is 106 Å². The van der Waals surface area contributed by atoms with Gasteiger partial charge in [0.25, 0.3) is 0 Å². The molecular formula is C39H63N4O13P. The van der Waals surface area contributed by atoms with Crippen LogP contribution in [-0.4, -0.2) is 146 Å². The Morgan fingerprint density at radius 3 is 1.30 bits per heavy atom. The molecule has 17 nitrogen and oxygen atoms in total. The summed E-state index contributed by atoms with van der Waals surface area (Å²) in [4.78, 5) is 62.7. The van der Waals surface area contributed by atoms with Gasteiger partial charge in [0, 0.05) is 57.0 Å². The first-order chi connectivity index (χ1) is 27.4. The molecule has 57 heavy (non-hydrogen) atoms. The number of carbonyl (C=O) groups excluding carboxylic acids is 4. The Morgan fingerprint density at radius 1 is 0.614 bits per heavy atom. The molecule has 18 heteroatoms. The van der Waals surface area contributed by atoms with Crippen LogP contribution < -0.4 is 21.3 Å². The van der Waals surface area contributed by atoms with Crippen molar-refractivity contribution in [3.05, 3.63) is 0 Å². The standard InChI is InChI=1S/C39H63N4O13P/c1-5-21-50-27-30-53-24-18-40-35(44)12-15-39(16-13-36(45)41-19-25-54-31-28-51-22-6-2,17-14-37(46)42-20-26-55-32-29-52-23-7-3)43-38(47)33-8-10-34(11-9-33)56-57(4,48)49/h1-3,33-34H,8-32H2,4H3,(H,40,44)(H,41,45)(H,42,46)(H,43,47)(H,48,49)/t33-,34-. The predicted octanol–water partition coefficient (Wildman–Crippen LogP) is 0.920. The van der Waals surface area contributed by atoms with Crippen LogP contribution in [0.25, 0.3) is 0 Å². The fraction of sp³-hybridized carbons (Fsp3) is 0.744. The molecule has 0 heterocycles. The molecule has 1 aliphatic carbocycles. The van der Waals surface area contributed by atoms with Crippen molar-refractivity contribution in [1.29, 1.82) is 0 Å². The highest BCUT2D eigenvalue weighted by molar-refractivity contribution is 7.51. The van der Waals surface area contributed by atoms with E-state index in [1.54, 1.807) is 0 Å². The van der Waals surface area contributed by atoms with Crippen LogP contribution in [0.1, 0.15) is 64.2 Å². The summed E-state index contributed by atoms with van der Waals surface area (Å²) in [6.07, 6.45) is 17.0. The molecule has 0 radical (unpaired) electrons. The number of carbonyl (C=O) groups is 4. The van der Waals surface area contributed by atoms with E-state index in [0.717, 1.165) is 6.66 Å². The van der Waals surface area contributed by atoms with E-state index in [9.17, 15) is 28.6 Å². The topological polar surface area (TPSA) is 218 Å². The third kappa shape index (κ3) is 28.5. The van der Waals surface area contributed by atoms with E-state index in [4.69, 9.17) is 52.2 Å². The van der Waals surface area contributed by atoms with Gasteiger partial charge in [-0.2, -0.15) is 0 Å². The zero-order valence-electron chi connectivity index (χ0n) is 33.4. The van der Waals surface area contributed by atoms with Crippen LogP contribution >= 0.6 is 7.60 Å². The summed E-state index contributed by atoms with van der Waals surface area (Å²) >= 11 is 0. The molecule has 1 rings (SSSR count). The highest BCUT2D eigenvalue weighted by atomic mass is 31.2. The highest BCUT2D eigenvalue weighted by Crippen LogP contribution is 2.42. The van der Waals surface area contributed by atoms with Gasteiger partial charge in [0.1, 0.15) is 19.8 Å². The van der Waals surface area contributed by atoms with Crippen molar-refractivity contribution in [2.24, 2.45) is 5.92 Å². The van der Waals surface area contributed by atoms with Gasteiger partial charge < -0.3 is 59.1 Å². The molecule has 1 aliphatic rings. The Balaban J connectivity index is 3.01. The molecule has 5 N–H and O–H groups in total. The first-order valence-corrected chi connectivity index (χ1v) is 21.3. The maximum Gasteiger partial charge on any atom is 0.325 e. The molecule has 1 atom stereocenters. The fourth-order valence-corrected chi connectivity index (χ4v) is 6.56. The van der Waals surface area contributed by atoms with Gasteiger partial charge in [-0.25, -0.2) is 0 Å². The molecule has 0 aromatic carbocycles. The first kappa shape index (κ1) is 51.5. The summed E-state index contributed by atoms with van der Waals surface area (Å²) in [5, 5.41) is 11.6. The van der Waals surface area contributed by atoms with Gasteiger partial charge in [0.2, 0.25) is 23.6 Å². The lowest BCUT2D eigenvalue weighted by atomic mass is 9.81. The molecule has 1 saturated carbocycles. The van der Waals surface area contributed by atoms with E-state index in [0.29, 0.717) is 65.3 Å². The number of hydrogen-bond donors (Lipinski definition) is 5. The number of ether oxygens (including phenoxy) is 6. The van der Waals surface area contributed by atoms with Crippen LogP contribution in [0.5, 0.6) is 0 Å². The molecule has 322 valence electrons. The summed E-state index contributed by atoms with van der Waals surface area (Å²) in [6, 6.07) is 0. The second-order valence-electron chi connectivity index (χ2n) is 13.3. The highest BCUT2D eigenvalue weighted by Gasteiger charge is 2.37. The molecule has 0 aromatic heterocycles. The molecule has 1 unspecified atom stereocenters. The van der Waals surface area contributed by atoms with E-state index in [-0.39, 0.29) is 121 Å². The molecule has 4 amide bonds. The summed E-state index contributed by atoms with van der Waals surface area (Å²) in [7, 11) is -3.70. The smallest absolute Gasteiger partial charge is 0.325 e. The van der Waals surface area contributed by atoms with Crippen molar-refractivity contribution in [3.63, 3.8) is 0 Å². The van der Waals surface area contributed by atoms with Gasteiger partial charge >= 0.3 is 7.60 Å². The molecule has 1 fully saturated rings. The number of terminal acetylenes is 3. The lowest BCUT2D eigenvalue weighted by molar-refractivity contribution is -0.131. The average molecular weight is 827 g/mol. The van der Waals surface area contributed by atoms with Gasteiger partial charge in [0.05, 0.1) is 65.6 Å². The van der Waals surface area contributed by atoms with Gasteiger partial charge in [-0.15, -0.1) is 19.3 Å². The third-order valence-corrected chi connectivity index (χ3v) is 9.34. The fourth-order valence-electron chi connectivity index (χ4n) is 5.80. The molecule has 0 spiro atoms. The summed E-state index contributed by atoms with van der Waals surface area (Å²) in [5.41, 5.74) is -1.12. The van der Waals surface area contributed by atoms with Crippen LogP contribution in [0, 0.1) is 42.9 Å². The molecule has 0 aliphatic heterocycles. The zero-order chi connectivity index (χ0) is 42.0. The lowest BCUT2D eigenvalue weighted by Crippen LogP contribution is -2.52. The second kappa shape index (κ2) is 32.4. The number of amides is 4. The van der Waals surface area contributed by atoms with E-state index in [2.05, 4.69) is 39.0 Å². The van der Waals surface area contributed by atoms with E-state index in [1.165, 1.54) is 0 Å². The Morgan fingerprint density at radius 2 is 0.965 bits per heavy atom. The SMILES string of the molecule is C#CCOCCOCCNC(=O)CCC(CCC(=O)NCCOCCOCC#C)(CCC(=O)NCCOCCOCC#C)NC(=O)[C@H]1CC[C@H](OP(C)(=O)O)CC1. The minimum Gasteiger partial charge on any atom is -0.377 e. The van der Waals surface area contributed by atoms with Gasteiger partial charge in [-0.1, -0.05) is 17.8 Å². The molecule has 0 aromatic rings. The van der Waals surface area contributed by atoms with Crippen molar-refractivity contribution in [3.8, 4) is 37.0 Å². The summed E-state index contributed by atoms with van der Waals surface area (Å²) in [5.74, 6) is 5.47. The Kier molecular flexibility index (Phi) is 29.3. The average Bonchev–Trinajstić information content (AvgIpc) is 3.18. The van der Waals surface area contributed by atoms with Gasteiger partial charge in [0.15, 0.2) is 0 Å². The number of rotatable bonds is 34. The lowest BCUT2D eigenvalue weighted by Gasteiger charge is -2.37. The van der Waals surface area contributed by atoms with Crippen molar-refractivity contribution < 1.29 is 61.6 Å². The number of hydrogen-bond acceptors (Lipinski definition) is 12. The monoisotopic (exact) mass is 826 g/mol. The zero-order valence-corrected chi connectivity index (χ0v) is 34.3. The molecule has 0 saturated heterocycles. The maximum atomic E-state index is 13.9. The van der Waals surface area contributed by atoms with Crippen LogP contribution in [0.15, 0.2) is 0 Å². The number of nitrogens with one attached hydrogen (secondary N) is 4. The largest absolute Gasteiger partial charge is 0.377 e. The summed E-state index contributed by atoms with van der Waals surface area (Å²) in [6.45, 7) is 4.99. The quantitative estimate of drug-likeness (QED) is 0.0347. The van der Waals surface area contributed by atoms with Gasteiger partial charge in [-0.3, -0.25) is 23.7 Å². The normalized spacial score (nSPS) is 16.3. The Labute approximate surface area is 337 Å². The minimum atomic E-state index is -3.70. The van der Waals surface area contributed by atoms with Crippen LogP contribution in [-0.2, 0) is 56.7 Å². The molecular weight excluding hydrogens is 763 g/mol. The van der Waals surface area contributed by atoms with Crippen molar-refractivity contribution in [1.82, 2.24) is 21.3 Å². The van der Waals surface area contributed by atoms with E-state index in [1.807, 2.05) is 0 Å². The second-order valence-corrected chi connectivity index (χ2v) is 15.1. The van der Waals surface area contributed by atoms with Crippen molar-refractivity contribution in [2.45, 2.75) is 75.9 Å². The Hall–Kier alpha value is -3.53. The molecule has 0 bridgehead atoms. The van der Waals surface area contributed by atoms with Crippen LogP contribution in [0.4, 0.5) is 0 Å². The maximum absolute atomic E-state index is 13.9. The predicted molar refractivity (Wildman–Crippen MR) is 212 cm³/mol. The minimum absolute atomic E-state index is 0.0111.